The van der Waals surface area contributed by atoms with E-state index in [9.17, 15) is 4.39 Å². The molecule has 0 amide bonds. The Labute approximate surface area is 155 Å². The largest absolute Gasteiger partial charge is 0.366 e. The van der Waals surface area contributed by atoms with Crippen molar-refractivity contribution >= 4 is 22.7 Å². The van der Waals surface area contributed by atoms with Crippen molar-refractivity contribution in [2.45, 2.75) is 18.5 Å². The average molecular weight is 359 g/mol. The van der Waals surface area contributed by atoms with Crippen molar-refractivity contribution < 1.29 is 4.39 Å². The monoisotopic (exact) mass is 359 g/mol. The lowest BCUT2D eigenvalue weighted by atomic mass is 9.90. The van der Waals surface area contributed by atoms with Crippen molar-refractivity contribution in [3.8, 4) is 0 Å². The lowest BCUT2D eigenvalue weighted by molar-refractivity contribution is 0.433. The highest BCUT2D eigenvalue weighted by Gasteiger charge is 2.31. The van der Waals surface area contributed by atoms with Crippen LogP contribution in [0.15, 0.2) is 66.7 Å². The first kappa shape index (κ1) is 15.8. The number of fused-ring (bicyclic) bond motifs is 2. The molecule has 1 aliphatic rings. The van der Waals surface area contributed by atoms with Gasteiger partial charge in [0.05, 0.1) is 12.1 Å². The number of hydrogen-bond donors (Lipinski definition) is 2. The molecule has 5 rings (SSSR count). The topological polar surface area (TPSA) is 68.8 Å². The third kappa shape index (κ3) is 2.70. The number of nitrogens with two attached hydrogens (primary N) is 1. The minimum atomic E-state index is -0.243. The number of nitrogen functional groups attached to an aromatic ring is 1. The normalized spacial score (nSPS) is 18.9. The Kier molecular flexibility index (Phi) is 3.57. The summed E-state index contributed by atoms with van der Waals surface area (Å²) in [5, 5.41) is 10.2. The van der Waals surface area contributed by atoms with E-state index in [1.54, 1.807) is 0 Å². The van der Waals surface area contributed by atoms with Crippen LogP contribution in [0, 0.1) is 5.82 Å². The fraction of sp³-hybridized carbons (Fsp3) is 0.143. The molecule has 1 aromatic heterocycles. The zero-order valence-corrected chi connectivity index (χ0v) is 14.5. The molecule has 134 valence electrons. The standard InChI is InChI=1S/C21H18FN5/c22-15-10-8-14(9-11-15)18-12-19(27-21(24-18)25-20(23)26-27)17-7-3-5-13-4-1-2-6-16(13)17/h1-11,18-19H,12H2,(H3,23,24,25,26). The lowest BCUT2D eigenvalue weighted by Crippen LogP contribution is -2.28. The van der Waals surface area contributed by atoms with E-state index in [2.05, 4.69) is 45.7 Å². The van der Waals surface area contributed by atoms with Gasteiger partial charge in [0, 0.05) is 0 Å². The predicted molar refractivity (Wildman–Crippen MR) is 104 cm³/mol. The van der Waals surface area contributed by atoms with Crippen molar-refractivity contribution in [1.29, 1.82) is 0 Å². The third-order valence-electron chi connectivity index (χ3n) is 5.16. The first-order chi connectivity index (χ1) is 13.2. The highest BCUT2D eigenvalue weighted by molar-refractivity contribution is 5.86. The van der Waals surface area contributed by atoms with Gasteiger partial charge in [-0.2, -0.15) is 4.98 Å². The molecule has 6 heteroatoms. The van der Waals surface area contributed by atoms with Crippen LogP contribution >= 0.6 is 0 Å². The minimum absolute atomic E-state index is 0.00864. The summed E-state index contributed by atoms with van der Waals surface area (Å²) in [5.41, 5.74) is 8.07. The molecule has 0 fully saturated rings. The molecule has 0 aliphatic carbocycles. The van der Waals surface area contributed by atoms with E-state index in [1.807, 2.05) is 28.9 Å². The maximum atomic E-state index is 13.3. The number of benzene rings is 3. The average Bonchev–Trinajstić information content (AvgIpc) is 3.07. The van der Waals surface area contributed by atoms with Crippen molar-refractivity contribution in [3.63, 3.8) is 0 Å². The molecule has 5 nitrogen and oxygen atoms in total. The Hall–Kier alpha value is -3.41. The predicted octanol–water partition coefficient (Wildman–Crippen LogP) is 4.30. The number of rotatable bonds is 2. The fourth-order valence-electron chi connectivity index (χ4n) is 3.91. The number of halogens is 1. The van der Waals surface area contributed by atoms with Crippen molar-refractivity contribution in [3.05, 3.63) is 83.7 Å². The van der Waals surface area contributed by atoms with Crippen LogP contribution in [-0.4, -0.2) is 14.8 Å². The second kappa shape index (κ2) is 6.09. The highest BCUT2D eigenvalue weighted by Crippen LogP contribution is 2.40. The number of aromatic nitrogens is 3. The lowest BCUT2D eigenvalue weighted by Gasteiger charge is -2.32. The summed E-state index contributed by atoms with van der Waals surface area (Å²) < 4.78 is 15.2. The molecule has 0 bridgehead atoms. The van der Waals surface area contributed by atoms with Crippen LogP contribution < -0.4 is 11.1 Å². The van der Waals surface area contributed by atoms with Gasteiger partial charge in [0.25, 0.3) is 0 Å². The molecule has 0 spiro atoms. The Bertz CT molecular complexity index is 1110. The van der Waals surface area contributed by atoms with Gasteiger partial charge in [-0.25, -0.2) is 9.07 Å². The molecular weight excluding hydrogens is 341 g/mol. The molecule has 3 N–H and O–H groups in total. The van der Waals surface area contributed by atoms with E-state index in [0.717, 1.165) is 12.0 Å². The molecule has 0 saturated carbocycles. The summed E-state index contributed by atoms with van der Waals surface area (Å²) >= 11 is 0. The number of nitrogens with zero attached hydrogens (tertiary/aromatic N) is 3. The van der Waals surface area contributed by atoms with Crippen LogP contribution in [0.3, 0.4) is 0 Å². The molecule has 27 heavy (non-hydrogen) atoms. The molecule has 2 heterocycles. The van der Waals surface area contributed by atoms with Gasteiger partial charge in [0.15, 0.2) is 0 Å². The van der Waals surface area contributed by atoms with E-state index in [0.29, 0.717) is 5.95 Å². The van der Waals surface area contributed by atoms with Crippen molar-refractivity contribution in [1.82, 2.24) is 14.8 Å². The van der Waals surface area contributed by atoms with Gasteiger partial charge in [0.1, 0.15) is 5.82 Å². The zero-order chi connectivity index (χ0) is 18.4. The van der Waals surface area contributed by atoms with Crippen LogP contribution in [0.25, 0.3) is 10.8 Å². The number of hydrogen-bond acceptors (Lipinski definition) is 4. The second-order valence-electron chi connectivity index (χ2n) is 6.81. The zero-order valence-electron chi connectivity index (χ0n) is 14.5. The molecule has 4 aromatic rings. The summed E-state index contributed by atoms with van der Waals surface area (Å²) in [6.07, 6.45) is 0.759. The molecule has 0 radical (unpaired) electrons. The SMILES string of the molecule is Nc1nc2n(n1)C(c1cccc3ccccc13)CC(c1ccc(F)cc1)N2. The molecule has 1 aliphatic heterocycles. The van der Waals surface area contributed by atoms with E-state index >= 15 is 0 Å². The highest BCUT2D eigenvalue weighted by atomic mass is 19.1. The third-order valence-corrected chi connectivity index (χ3v) is 5.16. The molecule has 2 unspecified atom stereocenters. The Morgan fingerprint density at radius 3 is 2.63 bits per heavy atom. The van der Waals surface area contributed by atoms with Gasteiger partial charge >= 0.3 is 0 Å². The van der Waals surface area contributed by atoms with E-state index < -0.39 is 0 Å². The molecule has 0 saturated heterocycles. The first-order valence-electron chi connectivity index (χ1n) is 8.91. The van der Waals surface area contributed by atoms with Crippen LogP contribution in [0.2, 0.25) is 0 Å². The van der Waals surface area contributed by atoms with Gasteiger partial charge in [0.2, 0.25) is 11.9 Å². The van der Waals surface area contributed by atoms with E-state index in [4.69, 9.17) is 5.73 Å². The van der Waals surface area contributed by atoms with Crippen LogP contribution in [0.1, 0.15) is 29.6 Å². The van der Waals surface area contributed by atoms with Crippen molar-refractivity contribution in [2.24, 2.45) is 0 Å². The summed E-state index contributed by atoms with van der Waals surface area (Å²) in [5.74, 6) is 0.626. The Balaban J connectivity index is 1.64. The van der Waals surface area contributed by atoms with Crippen LogP contribution in [-0.2, 0) is 0 Å². The van der Waals surface area contributed by atoms with E-state index in [-0.39, 0.29) is 23.8 Å². The molecule has 2 atom stereocenters. The van der Waals surface area contributed by atoms with Crippen LogP contribution in [0.4, 0.5) is 16.3 Å². The second-order valence-corrected chi connectivity index (χ2v) is 6.81. The minimum Gasteiger partial charge on any atom is -0.366 e. The van der Waals surface area contributed by atoms with Gasteiger partial charge < -0.3 is 11.1 Å². The van der Waals surface area contributed by atoms with Crippen molar-refractivity contribution in [2.75, 3.05) is 11.1 Å². The first-order valence-corrected chi connectivity index (χ1v) is 8.91. The quantitative estimate of drug-likeness (QED) is 0.560. The number of anilines is 2. The Morgan fingerprint density at radius 1 is 1.00 bits per heavy atom. The number of nitrogens with one attached hydrogen (secondary N) is 1. The summed E-state index contributed by atoms with van der Waals surface area (Å²) in [6, 6.07) is 21.2. The fourth-order valence-corrected chi connectivity index (χ4v) is 3.91. The summed E-state index contributed by atoms with van der Waals surface area (Å²) in [4.78, 5) is 4.34. The maximum absolute atomic E-state index is 13.3. The van der Waals surface area contributed by atoms with Gasteiger partial charge in [-0.3, -0.25) is 0 Å². The van der Waals surface area contributed by atoms with E-state index in [1.165, 1.54) is 28.5 Å². The van der Waals surface area contributed by atoms with Crippen LogP contribution in [0.5, 0.6) is 0 Å². The molecular formula is C21H18FN5. The maximum Gasteiger partial charge on any atom is 0.241 e. The van der Waals surface area contributed by atoms with Gasteiger partial charge in [-0.15, -0.1) is 5.10 Å². The van der Waals surface area contributed by atoms with Gasteiger partial charge in [-0.1, -0.05) is 54.6 Å². The molecule has 3 aromatic carbocycles. The summed E-state index contributed by atoms with van der Waals surface area (Å²) in [7, 11) is 0. The smallest absolute Gasteiger partial charge is 0.241 e. The summed E-state index contributed by atoms with van der Waals surface area (Å²) in [6.45, 7) is 0. The van der Waals surface area contributed by atoms with Gasteiger partial charge in [-0.05, 0) is 40.5 Å². The Morgan fingerprint density at radius 2 is 1.78 bits per heavy atom.